The third kappa shape index (κ3) is 5.42. The number of nitriles is 1. The van der Waals surface area contributed by atoms with Crippen LogP contribution in [0.2, 0.25) is 5.02 Å². The van der Waals surface area contributed by atoms with Gasteiger partial charge in [0.2, 0.25) is 5.91 Å². The minimum absolute atomic E-state index is 0.0526. The molecule has 2 aromatic carbocycles. The summed E-state index contributed by atoms with van der Waals surface area (Å²) in [5, 5.41) is 18.8. The van der Waals surface area contributed by atoms with Crippen molar-refractivity contribution in [3.8, 4) is 28.9 Å². The zero-order valence-electron chi connectivity index (χ0n) is 18.2. The Hall–Kier alpha value is -3.02. The SMILES string of the molecule is CCN(CC(C)C#N)C(=O)CSc1nnc(-c2ccccc2)n1-c1ccc(OC)c(Cl)c1. The van der Waals surface area contributed by atoms with E-state index in [4.69, 9.17) is 21.6 Å². The van der Waals surface area contributed by atoms with Gasteiger partial charge in [-0.25, -0.2) is 0 Å². The van der Waals surface area contributed by atoms with Crippen LogP contribution in [0.15, 0.2) is 53.7 Å². The van der Waals surface area contributed by atoms with Crippen molar-refractivity contribution in [2.24, 2.45) is 5.92 Å². The molecular weight excluding hydrogens is 446 g/mol. The molecule has 1 atom stereocenters. The summed E-state index contributed by atoms with van der Waals surface area (Å²) in [6.45, 7) is 4.66. The Kier molecular flexibility index (Phi) is 8.14. The molecule has 1 unspecified atom stereocenters. The van der Waals surface area contributed by atoms with E-state index in [-0.39, 0.29) is 17.6 Å². The Morgan fingerprint density at radius 2 is 2.03 bits per heavy atom. The first-order chi connectivity index (χ1) is 15.5. The lowest BCUT2D eigenvalue weighted by Gasteiger charge is -2.21. The number of thioether (sulfide) groups is 1. The fraction of sp³-hybridized carbons (Fsp3) is 0.304. The second-order valence-electron chi connectivity index (χ2n) is 7.08. The van der Waals surface area contributed by atoms with Crippen LogP contribution in [0.3, 0.4) is 0 Å². The van der Waals surface area contributed by atoms with Crippen molar-refractivity contribution in [3.63, 3.8) is 0 Å². The Balaban J connectivity index is 1.93. The van der Waals surface area contributed by atoms with Gasteiger partial charge in [0, 0.05) is 18.7 Å². The van der Waals surface area contributed by atoms with E-state index in [1.165, 1.54) is 11.8 Å². The number of amides is 1. The van der Waals surface area contributed by atoms with E-state index in [1.807, 2.05) is 47.9 Å². The second kappa shape index (κ2) is 11.0. The van der Waals surface area contributed by atoms with Gasteiger partial charge in [0.25, 0.3) is 0 Å². The molecule has 1 amide bonds. The predicted molar refractivity (Wildman–Crippen MR) is 126 cm³/mol. The number of hydrogen-bond acceptors (Lipinski definition) is 6. The Bertz CT molecular complexity index is 1110. The summed E-state index contributed by atoms with van der Waals surface area (Å²) < 4.78 is 7.15. The third-order valence-corrected chi connectivity index (χ3v) is 6.04. The van der Waals surface area contributed by atoms with Gasteiger partial charge in [-0.2, -0.15) is 5.26 Å². The molecule has 32 heavy (non-hydrogen) atoms. The average molecular weight is 470 g/mol. The van der Waals surface area contributed by atoms with Crippen LogP contribution in [0.1, 0.15) is 13.8 Å². The molecule has 0 bridgehead atoms. The second-order valence-corrected chi connectivity index (χ2v) is 8.43. The number of carbonyl (C=O) groups is 1. The molecule has 3 rings (SSSR count). The molecule has 1 aromatic heterocycles. The van der Waals surface area contributed by atoms with Crippen LogP contribution in [-0.2, 0) is 4.79 Å². The number of carbonyl (C=O) groups excluding carboxylic acids is 1. The van der Waals surface area contributed by atoms with E-state index in [1.54, 1.807) is 31.1 Å². The highest BCUT2D eigenvalue weighted by Crippen LogP contribution is 2.32. The fourth-order valence-corrected chi connectivity index (χ4v) is 4.27. The Labute approximate surface area is 197 Å². The van der Waals surface area contributed by atoms with Crippen LogP contribution >= 0.6 is 23.4 Å². The molecule has 3 aromatic rings. The highest BCUT2D eigenvalue weighted by Gasteiger charge is 2.20. The summed E-state index contributed by atoms with van der Waals surface area (Å²) >= 11 is 7.67. The number of nitrogens with zero attached hydrogens (tertiary/aromatic N) is 5. The van der Waals surface area contributed by atoms with Crippen LogP contribution in [0.4, 0.5) is 0 Å². The van der Waals surface area contributed by atoms with Crippen molar-refractivity contribution in [1.29, 1.82) is 5.26 Å². The van der Waals surface area contributed by atoms with Crippen molar-refractivity contribution >= 4 is 29.3 Å². The minimum atomic E-state index is -0.223. The molecule has 0 saturated heterocycles. The van der Waals surface area contributed by atoms with Crippen molar-refractivity contribution in [2.75, 3.05) is 26.0 Å². The molecule has 0 saturated carbocycles. The Morgan fingerprint density at radius 3 is 2.66 bits per heavy atom. The van der Waals surface area contributed by atoms with E-state index in [9.17, 15) is 4.79 Å². The Morgan fingerprint density at radius 1 is 1.28 bits per heavy atom. The van der Waals surface area contributed by atoms with Crippen molar-refractivity contribution in [1.82, 2.24) is 19.7 Å². The molecule has 0 N–H and O–H groups in total. The quantitative estimate of drug-likeness (QED) is 0.422. The number of rotatable bonds is 9. The van der Waals surface area contributed by atoms with Crippen molar-refractivity contribution < 1.29 is 9.53 Å². The number of aromatic nitrogens is 3. The molecule has 9 heteroatoms. The smallest absolute Gasteiger partial charge is 0.233 e. The maximum absolute atomic E-state index is 12.8. The lowest BCUT2D eigenvalue weighted by Crippen LogP contribution is -2.35. The number of hydrogen-bond donors (Lipinski definition) is 0. The average Bonchev–Trinajstić information content (AvgIpc) is 3.25. The maximum atomic E-state index is 12.8. The summed E-state index contributed by atoms with van der Waals surface area (Å²) in [7, 11) is 1.56. The molecule has 166 valence electrons. The fourth-order valence-electron chi connectivity index (χ4n) is 3.16. The zero-order valence-corrected chi connectivity index (χ0v) is 19.7. The summed E-state index contributed by atoms with van der Waals surface area (Å²) in [4.78, 5) is 14.4. The molecule has 0 fully saturated rings. The maximum Gasteiger partial charge on any atom is 0.233 e. The molecule has 0 aliphatic rings. The largest absolute Gasteiger partial charge is 0.495 e. The monoisotopic (exact) mass is 469 g/mol. The van der Waals surface area contributed by atoms with Gasteiger partial charge in [0.15, 0.2) is 11.0 Å². The van der Waals surface area contributed by atoms with Gasteiger partial charge < -0.3 is 9.64 Å². The van der Waals surface area contributed by atoms with Gasteiger partial charge in [-0.3, -0.25) is 9.36 Å². The first-order valence-corrected chi connectivity index (χ1v) is 11.5. The van der Waals surface area contributed by atoms with Crippen LogP contribution in [0.5, 0.6) is 5.75 Å². The minimum Gasteiger partial charge on any atom is -0.495 e. The van der Waals surface area contributed by atoms with E-state index < -0.39 is 0 Å². The van der Waals surface area contributed by atoms with E-state index >= 15 is 0 Å². The van der Waals surface area contributed by atoms with Crippen molar-refractivity contribution in [3.05, 3.63) is 53.6 Å². The normalized spacial score (nSPS) is 11.6. The molecule has 1 heterocycles. The van der Waals surface area contributed by atoms with E-state index in [0.717, 1.165) is 11.3 Å². The number of benzene rings is 2. The number of halogens is 1. The molecule has 7 nitrogen and oxygen atoms in total. The van der Waals surface area contributed by atoms with Crippen molar-refractivity contribution in [2.45, 2.75) is 19.0 Å². The zero-order chi connectivity index (χ0) is 23.1. The van der Waals surface area contributed by atoms with Crippen LogP contribution in [0.25, 0.3) is 17.1 Å². The summed E-state index contributed by atoms with van der Waals surface area (Å²) in [5.74, 6) is 1.12. The molecule has 0 spiro atoms. The summed E-state index contributed by atoms with van der Waals surface area (Å²) in [6, 6.07) is 17.3. The highest BCUT2D eigenvalue weighted by atomic mass is 35.5. The lowest BCUT2D eigenvalue weighted by molar-refractivity contribution is -0.128. The first-order valence-electron chi connectivity index (χ1n) is 10.1. The van der Waals surface area contributed by atoms with Crippen LogP contribution in [-0.4, -0.2) is 51.5 Å². The van der Waals surface area contributed by atoms with Gasteiger partial charge in [0.05, 0.1) is 35.6 Å². The van der Waals surface area contributed by atoms with Gasteiger partial charge in [-0.1, -0.05) is 53.7 Å². The molecule has 0 aliphatic heterocycles. The van der Waals surface area contributed by atoms with Gasteiger partial charge >= 0.3 is 0 Å². The third-order valence-electron chi connectivity index (χ3n) is 4.83. The first kappa shape index (κ1) is 23.6. The van der Waals surface area contributed by atoms with Crippen LogP contribution in [0, 0.1) is 17.2 Å². The van der Waals surface area contributed by atoms with Gasteiger partial charge in [-0.05, 0) is 32.0 Å². The number of methoxy groups -OCH3 is 1. The predicted octanol–water partition coefficient (Wildman–Crippen LogP) is 4.70. The standard InChI is InChI=1S/C23H24ClN5O2S/c1-4-28(14-16(2)13-25)21(30)15-32-23-27-26-22(17-8-6-5-7-9-17)29(23)18-10-11-20(31-3)19(24)12-18/h5-12,16H,4,14-15H2,1-3H3. The van der Waals surface area contributed by atoms with E-state index in [2.05, 4.69) is 16.3 Å². The molecule has 0 aliphatic carbocycles. The number of ether oxygens (including phenoxy) is 1. The van der Waals surface area contributed by atoms with Gasteiger partial charge in [0.1, 0.15) is 5.75 Å². The highest BCUT2D eigenvalue weighted by molar-refractivity contribution is 7.99. The molecule has 0 radical (unpaired) electrons. The summed E-state index contributed by atoms with van der Waals surface area (Å²) in [6.07, 6.45) is 0. The van der Waals surface area contributed by atoms with E-state index in [0.29, 0.717) is 34.8 Å². The molecular formula is C23H24ClN5O2S. The lowest BCUT2D eigenvalue weighted by atomic mass is 10.2. The van der Waals surface area contributed by atoms with Crippen LogP contribution < -0.4 is 4.74 Å². The topological polar surface area (TPSA) is 84.0 Å². The summed E-state index contributed by atoms with van der Waals surface area (Å²) in [5.41, 5.74) is 1.66. The van der Waals surface area contributed by atoms with Gasteiger partial charge in [-0.15, -0.1) is 10.2 Å².